The third kappa shape index (κ3) is 5.78. The van der Waals surface area contributed by atoms with E-state index in [1.54, 1.807) is 0 Å². The van der Waals surface area contributed by atoms with Gasteiger partial charge in [-0.25, -0.2) is 0 Å². The van der Waals surface area contributed by atoms with Gasteiger partial charge in [0.2, 0.25) is 6.29 Å². The molecular weight excluding hydrogens is 192 g/mol. The highest BCUT2D eigenvalue weighted by Crippen LogP contribution is 2.27. The molecule has 1 unspecified atom stereocenters. The highest BCUT2D eigenvalue weighted by molar-refractivity contribution is 5.37. The lowest BCUT2D eigenvalue weighted by molar-refractivity contribution is -0.133. The number of carbonyl (C=O) groups excluding carboxylic acids is 1. The number of rotatable bonds is 10. The summed E-state index contributed by atoms with van der Waals surface area (Å²) in [5, 5.41) is 0. The standard InChI is InChI=1S/C12H22O3/c1-2-3-4-5-6-7-8-9-11-12(15-11)14-10-13/h10-12H,2-9H2,1H3/t11?,12-/m1/s1. The molecule has 1 aliphatic rings. The van der Waals surface area contributed by atoms with Gasteiger partial charge in [0.05, 0.1) is 0 Å². The molecule has 0 N–H and O–H groups in total. The Balaban J connectivity index is 1.76. The number of ether oxygens (including phenoxy) is 2. The van der Waals surface area contributed by atoms with Gasteiger partial charge >= 0.3 is 0 Å². The third-order valence-electron chi connectivity index (χ3n) is 2.82. The predicted molar refractivity (Wildman–Crippen MR) is 58.4 cm³/mol. The Bertz CT molecular complexity index is 170. The summed E-state index contributed by atoms with van der Waals surface area (Å²) in [4.78, 5) is 9.98. The van der Waals surface area contributed by atoms with Crippen LogP contribution in [0.5, 0.6) is 0 Å². The first-order valence-corrected chi connectivity index (χ1v) is 6.13. The normalized spacial score (nSPS) is 23.8. The van der Waals surface area contributed by atoms with E-state index in [4.69, 9.17) is 4.74 Å². The second-order valence-corrected chi connectivity index (χ2v) is 4.19. The molecule has 0 aromatic carbocycles. The van der Waals surface area contributed by atoms with E-state index >= 15 is 0 Å². The molecule has 3 heteroatoms. The van der Waals surface area contributed by atoms with Gasteiger partial charge in [-0.15, -0.1) is 0 Å². The maximum atomic E-state index is 9.98. The van der Waals surface area contributed by atoms with Crippen molar-refractivity contribution in [2.75, 3.05) is 0 Å². The minimum Gasteiger partial charge on any atom is -0.435 e. The number of hydrogen-bond donors (Lipinski definition) is 0. The Morgan fingerprint density at radius 3 is 2.47 bits per heavy atom. The summed E-state index contributed by atoms with van der Waals surface area (Å²) in [6.07, 6.45) is 10.2. The van der Waals surface area contributed by atoms with Gasteiger partial charge in [-0.2, -0.15) is 0 Å². The molecule has 1 aliphatic heterocycles. The molecule has 0 saturated carbocycles. The molecule has 0 aliphatic carbocycles. The topological polar surface area (TPSA) is 38.8 Å². The second kappa shape index (κ2) is 7.69. The molecule has 1 heterocycles. The van der Waals surface area contributed by atoms with Crippen LogP contribution in [0.3, 0.4) is 0 Å². The molecule has 0 aromatic rings. The Hall–Kier alpha value is -0.570. The maximum absolute atomic E-state index is 9.98. The summed E-state index contributed by atoms with van der Waals surface area (Å²) in [6.45, 7) is 2.70. The minimum absolute atomic E-state index is 0.186. The molecule has 0 radical (unpaired) electrons. The van der Waals surface area contributed by atoms with Gasteiger partial charge < -0.3 is 9.47 Å². The van der Waals surface area contributed by atoms with E-state index in [2.05, 4.69) is 11.7 Å². The number of carbonyl (C=O) groups is 1. The van der Waals surface area contributed by atoms with E-state index in [0.29, 0.717) is 6.47 Å². The first kappa shape index (κ1) is 12.5. The molecule has 1 saturated heterocycles. The van der Waals surface area contributed by atoms with Crippen molar-refractivity contribution in [3.63, 3.8) is 0 Å². The van der Waals surface area contributed by atoms with Gasteiger partial charge in [0.1, 0.15) is 6.10 Å². The molecule has 88 valence electrons. The molecule has 0 amide bonds. The summed E-state index contributed by atoms with van der Waals surface area (Å²) in [6, 6.07) is 0. The fourth-order valence-electron chi connectivity index (χ4n) is 1.81. The zero-order valence-corrected chi connectivity index (χ0v) is 9.61. The van der Waals surface area contributed by atoms with E-state index < -0.39 is 0 Å². The zero-order valence-electron chi connectivity index (χ0n) is 9.61. The van der Waals surface area contributed by atoms with Crippen LogP contribution in [-0.4, -0.2) is 18.9 Å². The van der Waals surface area contributed by atoms with Crippen LogP contribution in [-0.2, 0) is 14.3 Å². The summed E-state index contributed by atoms with van der Waals surface area (Å²) in [5.74, 6) is 0. The van der Waals surface area contributed by atoms with Crippen LogP contribution < -0.4 is 0 Å². The molecule has 1 fully saturated rings. The van der Waals surface area contributed by atoms with Crippen molar-refractivity contribution in [3.05, 3.63) is 0 Å². The predicted octanol–water partition coefficient (Wildman–Crippen LogP) is 3.03. The van der Waals surface area contributed by atoms with Crippen LogP contribution in [0.15, 0.2) is 0 Å². The number of hydrogen-bond acceptors (Lipinski definition) is 3. The van der Waals surface area contributed by atoms with E-state index in [9.17, 15) is 4.79 Å². The average molecular weight is 214 g/mol. The van der Waals surface area contributed by atoms with Gasteiger partial charge in [-0.05, 0) is 6.42 Å². The van der Waals surface area contributed by atoms with E-state index in [0.717, 1.165) is 6.42 Å². The van der Waals surface area contributed by atoms with E-state index in [1.807, 2.05) is 0 Å². The largest absolute Gasteiger partial charge is 0.435 e. The highest BCUT2D eigenvalue weighted by atomic mass is 16.8. The van der Waals surface area contributed by atoms with Gasteiger partial charge in [-0.1, -0.05) is 51.9 Å². The minimum atomic E-state index is -0.234. The van der Waals surface area contributed by atoms with Crippen molar-refractivity contribution in [2.45, 2.75) is 70.7 Å². The highest BCUT2D eigenvalue weighted by Gasteiger charge is 2.40. The summed E-state index contributed by atoms with van der Waals surface area (Å²) in [5.41, 5.74) is 0. The van der Waals surface area contributed by atoms with Gasteiger partial charge in [-0.3, -0.25) is 4.79 Å². The van der Waals surface area contributed by atoms with Crippen molar-refractivity contribution >= 4 is 6.47 Å². The number of epoxide rings is 1. The van der Waals surface area contributed by atoms with Crippen LogP contribution in [0.1, 0.15) is 58.3 Å². The molecule has 15 heavy (non-hydrogen) atoms. The van der Waals surface area contributed by atoms with Crippen LogP contribution in [0.2, 0.25) is 0 Å². The summed E-state index contributed by atoms with van der Waals surface area (Å²) in [7, 11) is 0. The van der Waals surface area contributed by atoms with Crippen molar-refractivity contribution in [1.82, 2.24) is 0 Å². The van der Waals surface area contributed by atoms with Gasteiger partial charge in [0.15, 0.2) is 0 Å². The molecule has 0 aromatic heterocycles. The number of unbranched alkanes of at least 4 members (excludes halogenated alkanes) is 6. The Labute approximate surface area is 92.1 Å². The SMILES string of the molecule is CCCCCCCCCC1O[C@H]1OC=O. The van der Waals surface area contributed by atoms with Crippen molar-refractivity contribution in [1.29, 1.82) is 0 Å². The quantitative estimate of drug-likeness (QED) is 0.319. The molecule has 0 bridgehead atoms. The smallest absolute Gasteiger partial charge is 0.295 e. The lowest BCUT2D eigenvalue weighted by Gasteiger charge is -1.99. The van der Waals surface area contributed by atoms with Crippen LogP contribution in [0, 0.1) is 0 Å². The molecular formula is C12H22O3. The maximum Gasteiger partial charge on any atom is 0.295 e. The molecule has 0 spiro atoms. The van der Waals surface area contributed by atoms with Gasteiger partial charge in [0.25, 0.3) is 6.47 Å². The van der Waals surface area contributed by atoms with Crippen molar-refractivity contribution in [2.24, 2.45) is 0 Å². The lowest BCUT2D eigenvalue weighted by Crippen LogP contribution is -1.98. The fourth-order valence-corrected chi connectivity index (χ4v) is 1.81. The first-order chi connectivity index (χ1) is 7.38. The Morgan fingerprint density at radius 1 is 1.13 bits per heavy atom. The van der Waals surface area contributed by atoms with Crippen molar-refractivity contribution in [3.8, 4) is 0 Å². The summed E-state index contributed by atoms with van der Waals surface area (Å²) < 4.78 is 9.82. The Kier molecular flexibility index (Phi) is 6.41. The fraction of sp³-hybridized carbons (Fsp3) is 0.917. The van der Waals surface area contributed by atoms with E-state index in [1.165, 1.54) is 44.9 Å². The lowest BCUT2D eigenvalue weighted by atomic mass is 10.1. The summed E-state index contributed by atoms with van der Waals surface area (Å²) >= 11 is 0. The van der Waals surface area contributed by atoms with Crippen LogP contribution in [0.25, 0.3) is 0 Å². The Morgan fingerprint density at radius 2 is 1.80 bits per heavy atom. The average Bonchev–Trinajstić information content (AvgIpc) is 2.96. The first-order valence-electron chi connectivity index (χ1n) is 6.13. The molecule has 2 atom stereocenters. The monoisotopic (exact) mass is 214 g/mol. The third-order valence-corrected chi connectivity index (χ3v) is 2.82. The van der Waals surface area contributed by atoms with E-state index in [-0.39, 0.29) is 12.4 Å². The molecule has 1 rings (SSSR count). The zero-order chi connectivity index (χ0) is 10.9. The molecule has 3 nitrogen and oxygen atoms in total. The second-order valence-electron chi connectivity index (χ2n) is 4.19. The van der Waals surface area contributed by atoms with Crippen LogP contribution in [0.4, 0.5) is 0 Å². The van der Waals surface area contributed by atoms with Crippen molar-refractivity contribution < 1.29 is 14.3 Å². The van der Waals surface area contributed by atoms with Crippen LogP contribution >= 0.6 is 0 Å². The van der Waals surface area contributed by atoms with Gasteiger partial charge in [0, 0.05) is 0 Å².